The summed E-state index contributed by atoms with van der Waals surface area (Å²) in [5.74, 6) is -0.904. The summed E-state index contributed by atoms with van der Waals surface area (Å²) >= 11 is 12.2. The Morgan fingerprint density at radius 3 is 2.21 bits per heavy atom. The molecule has 0 bridgehead atoms. The lowest BCUT2D eigenvalue weighted by atomic mass is 10.1. The molecule has 0 aliphatic heterocycles. The lowest BCUT2D eigenvalue weighted by Crippen LogP contribution is -2.51. The molecule has 0 radical (unpaired) electrons. The van der Waals surface area contributed by atoms with Crippen molar-refractivity contribution in [3.8, 4) is 0 Å². The number of hydrogen-bond donors (Lipinski definition) is 1. The molecule has 3 aromatic rings. The van der Waals surface area contributed by atoms with Gasteiger partial charge in [-0.05, 0) is 69.2 Å². The van der Waals surface area contributed by atoms with Crippen molar-refractivity contribution in [2.45, 2.75) is 45.2 Å². The van der Waals surface area contributed by atoms with E-state index in [9.17, 15) is 18.0 Å². The molecule has 0 aliphatic rings. The highest BCUT2D eigenvalue weighted by molar-refractivity contribution is 7.92. The van der Waals surface area contributed by atoms with Gasteiger partial charge in [-0.2, -0.15) is 0 Å². The van der Waals surface area contributed by atoms with Crippen LogP contribution >= 0.6 is 23.2 Å². The molecular formula is C28H31Cl2N3O4S. The molecule has 0 heterocycles. The Kier molecular flexibility index (Phi) is 9.82. The number of sulfonamides is 1. The molecule has 0 aromatic heterocycles. The predicted octanol–water partition coefficient (Wildman–Crippen LogP) is 5.36. The van der Waals surface area contributed by atoms with E-state index in [-0.39, 0.29) is 17.3 Å². The number of anilines is 1. The average Bonchev–Trinajstić information content (AvgIpc) is 2.88. The summed E-state index contributed by atoms with van der Waals surface area (Å²) in [5, 5.41) is 3.40. The number of carbonyl (C=O) groups is 2. The maximum absolute atomic E-state index is 13.9. The maximum Gasteiger partial charge on any atom is 0.264 e. The monoisotopic (exact) mass is 575 g/mol. The Morgan fingerprint density at radius 1 is 0.947 bits per heavy atom. The molecule has 202 valence electrons. The van der Waals surface area contributed by atoms with Crippen LogP contribution in [0.3, 0.4) is 0 Å². The number of amides is 2. The predicted molar refractivity (Wildman–Crippen MR) is 152 cm³/mol. The molecule has 1 atom stereocenters. The van der Waals surface area contributed by atoms with E-state index in [0.29, 0.717) is 33.4 Å². The van der Waals surface area contributed by atoms with Crippen LogP contribution in [0.25, 0.3) is 0 Å². The number of nitrogens with one attached hydrogen (secondary N) is 1. The number of rotatable bonds is 10. The van der Waals surface area contributed by atoms with Gasteiger partial charge in [0.15, 0.2) is 0 Å². The van der Waals surface area contributed by atoms with Gasteiger partial charge in [0.2, 0.25) is 11.8 Å². The lowest BCUT2D eigenvalue weighted by Gasteiger charge is -2.32. The van der Waals surface area contributed by atoms with Crippen LogP contribution in [0, 0.1) is 13.8 Å². The molecule has 2 amide bonds. The number of para-hydroxylation sites is 1. The minimum Gasteiger partial charge on any atom is -0.355 e. The fraction of sp³-hybridized carbons (Fsp3) is 0.286. The molecule has 1 unspecified atom stereocenters. The largest absolute Gasteiger partial charge is 0.355 e. The Balaban J connectivity index is 2.05. The fourth-order valence-corrected chi connectivity index (χ4v) is 5.73. The first-order valence-electron chi connectivity index (χ1n) is 12.1. The zero-order valence-electron chi connectivity index (χ0n) is 21.7. The van der Waals surface area contributed by atoms with Crippen LogP contribution in [0.15, 0.2) is 71.6 Å². The SMILES string of the molecule is CCNC(=O)C(C)N(Cc1ccc(Cl)c(Cl)c1)C(=O)CN(c1ccccc1C)S(=O)(=O)c1ccc(C)cc1. The second-order valence-electron chi connectivity index (χ2n) is 8.95. The van der Waals surface area contributed by atoms with Crippen molar-refractivity contribution >= 4 is 50.7 Å². The highest BCUT2D eigenvalue weighted by Gasteiger charge is 2.33. The summed E-state index contributed by atoms with van der Waals surface area (Å²) < 4.78 is 28.8. The van der Waals surface area contributed by atoms with Gasteiger partial charge in [-0.25, -0.2) is 8.42 Å². The van der Waals surface area contributed by atoms with E-state index in [0.717, 1.165) is 9.87 Å². The Hall–Kier alpha value is -3.07. The van der Waals surface area contributed by atoms with E-state index in [4.69, 9.17) is 23.2 Å². The molecule has 3 aromatic carbocycles. The van der Waals surface area contributed by atoms with Gasteiger partial charge in [-0.3, -0.25) is 13.9 Å². The summed E-state index contributed by atoms with van der Waals surface area (Å²) in [7, 11) is -4.12. The van der Waals surface area contributed by atoms with Crippen molar-refractivity contribution in [2.24, 2.45) is 0 Å². The zero-order chi connectivity index (χ0) is 28.0. The summed E-state index contributed by atoms with van der Waals surface area (Å²) in [6.45, 7) is 6.93. The van der Waals surface area contributed by atoms with Crippen molar-refractivity contribution in [3.05, 3.63) is 93.5 Å². The molecule has 0 saturated heterocycles. The highest BCUT2D eigenvalue weighted by atomic mass is 35.5. The average molecular weight is 577 g/mol. The summed E-state index contributed by atoms with van der Waals surface area (Å²) in [6.07, 6.45) is 0. The third-order valence-electron chi connectivity index (χ3n) is 6.13. The van der Waals surface area contributed by atoms with Crippen LogP contribution in [0.1, 0.15) is 30.5 Å². The second kappa shape index (κ2) is 12.7. The fourth-order valence-electron chi connectivity index (χ4n) is 3.93. The van der Waals surface area contributed by atoms with E-state index >= 15 is 0 Å². The van der Waals surface area contributed by atoms with Crippen LogP contribution in [-0.4, -0.2) is 44.3 Å². The maximum atomic E-state index is 13.9. The molecular weight excluding hydrogens is 545 g/mol. The Morgan fingerprint density at radius 2 is 1.61 bits per heavy atom. The van der Waals surface area contributed by atoms with Crippen LogP contribution in [0.2, 0.25) is 10.0 Å². The van der Waals surface area contributed by atoms with Crippen molar-refractivity contribution in [3.63, 3.8) is 0 Å². The van der Waals surface area contributed by atoms with Crippen molar-refractivity contribution in [2.75, 3.05) is 17.4 Å². The topological polar surface area (TPSA) is 86.8 Å². The summed E-state index contributed by atoms with van der Waals surface area (Å²) in [4.78, 5) is 28.0. The molecule has 0 fully saturated rings. The smallest absolute Gasteiger partial charge is 0.264 e. The first-order valence-corrected chi connectivity index (χ1v) is 14.3. The number of hydrogen-bond acceptors (Lipinski definition) is 4. The molecule has 0 aliphatic carbocycles. The van der Waals surface area contributed by atoms with Crippen LogP contribution < -0.4 is 9.62 Å². The van der Waals surface area contributed by atoms with E-state index in [1.54, 1.807) is 75.4 Å². The van der Waals surface area contributed by atoms with E-state index < -0.39 is 28.5 Å². The zero-order valence-corrected chi connectivity index (χ0v) is 24.1. The van der Waals surface area contributed by atoms with Crippen molar-refractivity contribution in [1.29, 1.82) is 0 Å². The van der Waals surface area contributed by atoms with Crippen LogP contribution in [-0.2, 0) is 26.2 Å². The number of halogens is 2. The molecule has 1 N–H and O–H groups in total. The minimum atomic E-state index is -4.12. The van der Waals surface area contributed by atoms with Gasteiger partial charge < -0.3 is 10.2 Å². The Labute approximate surface area is 234 Å². The number of likely N-dealkylation sites (N-methyl/N-ethyl adjacent to an activating group) is 1. The Bertz CT molecular complexity index is 1410. The molecule has 7 nitrogen and oxygen atoms in total. The molecule has 38 heavy (non-hydrogen) atoms. The van der Waals surface area contributed by atoms with Crippen LogP contribution in [0.5, 0.6) is 0 Å². The summed E-state index contributed by atoms with van der Waals surface area (Å²) in [6, 6.07) is 17.5. The van der Waals surface area contributed by atoms with Gasteiger partial charge in [0.1, 0.15) is 12.6 Å². The van der Waals surface area contributed by atoms with E-state index in [2.05, 4.69) is 5.32 Å². The lowest BCUT2D eigenvalue weighted by molar-refractivity contribution is -0.139. The number of nitrogens with zero attached hydrogens (tertiary/aromatic N) is 2. The third kappa shape index (κ3) is 6.87. The first kappa shape index (κ1) is 29.5. The second-order valence-corrected chi connectivity index (χ2v) is 11.6. The van der Waals surface area contributed by atoms with Crippen molar-refractivity contribution < 1.29 is 18.0 Å². The van der Waals surface area contributed by atoms with E-state index in [1.807, 2.05) is 6.92 Å². The number of aryl methyl sites for hydroxylation is 2. The van der Waals surface area contributed by atoms with Gasteiger partial charge in [-0.1, -0.05) is 65.2 Å². The minimum absolute atomic E-state index is 0.0280. The van der Waals surface area contributed by atoms with E-state index in [1.165, 1.54) is 17.0 Å². The summed E-state index contributed by atoms with van der Waals surface area (Å²) in [5.41, 5.74) is 2.61. The normalized spacial score (nSPS) is 12.1. The molecule has 0 saturated carbocycles. The van der Waals surface area contributed by atoms with Gasteiger partial charge in [0.05, 0.1) is 20.6 Å². The number of benzene rings is 3. The first-order chi connectivity index (χ1) is 17.9. The molecule has 10 heteroatoms. The third-order valence-corrected chi connectivity index (χ3v) is 8.64. The van der Waals surface area contributed by atoms with Gasteiger partial charge in [-0.15, -0.1) is 0 Å². The van der Waals surface area contributed by atoms with Crippen LogP contribution in [0.4, 0.5) is 5.69 Å². The standard InChI is InChI=1S/C28H31Cl2N3O4S/c1-5-31-28(35)21(4)32(17-22-12-15-24(29)25(30)16-22)27(34)18-33(26-9-7-6-8-20(26)3)38(36,37)23-13-10-19(2)11-14-23/h6-16,21H,5,17-18H2,1-4H3,(H,31,35). The molecule has 0 spiro atoms. The highest BCUT2D eigenvalue weighted by Crippen LogP contribution is 2.28. The van der Waals surface area contributed by atoms with Gasteiger partial charge in [0.25, 0.3) is 10.0 Å². The van der Waals surface area contributed by atoms with Crippen molar-refractivity contribution in [1.82, 2.24) is 10.2 Å². The molecule has 3 rings (SSSR count). The van der Waals surface area contributed by atoms with Gasteiger partial charge in [0, 0.05) is 13.1 Å². The quantitative estimate of drug-likeness (QED) is 0.352. The number of carbonyl (C=O) groups excluding carboxylic acids is 2. The van der Waals surface area contributed by atoms with Gasteiger partial charge >= 0.3 is 0 Å².